The van der Waals surface area contributed by atoms with Gasteiger partial charge in [0.05, 0.1) is 0 Å². The monoisotopic (exact) mass is 428 g/mol. The molecule has 30 heavy (non-hydrogen) atoms. The lowest BCUT2D eigenvalue weighted by Crippen LogP contribution is -2.53. The first kappa shape index (κ1) is 19.6. The van der Waals surface area contributed by atoms with Crippen LogP contribution >= 0.6 is 11.6 Å². The number of hydrogen-bond acceptors (Lipinski definition) is 4. The molecular formula is C22H25ClN4O3. The summed E-state index contributed by atoms with van der Waals surface area (Å²) < 4.78 is 2.08. The number of imidazole rings is 1. The minimum atomic E-state index is -1.14. The molecule has 1 saturated heterocycles. The smallest absolute Gasteiger partial charge is 0.254 e. The number of nitrogens with zero attached hydrogens (tertiary/aromatic N) is 4. The predicted octanol–water partition coefficient (Wildman–Crippen LogP) is 2.35. The number of benzene rings is 1. The fourth-order valence-corrected chi connectivity index (χ4v) is 4.66. The lowest BCUT2D eigenvalue weighted by molar-refractivity contribution is -0.143. The van der Waals surface area contributed by atoms with Crippen LogP contribution < -0.4 is 0 Å². The number of halogens is 1. The van der Waals surface area contributed by atoms with Gasteiger partial charge in [-0.15, -0.1) is 0 Å². The van der Waals surface area contributed by atoms with Crippen LogP contribution in [0.25, 0.3) is 11.3 Å². The molecule has 1 aromatic carbocycles. The van der Waals surface area contributed by atoms with Gasteiger partial charge in [0.2, 0.25) is 0 Å². The van der Waals surface area contributed by atoms with Crippen LogP contribution in [0.4, 0.5) is 0 Å². The van der Waals surface area contributed by atoms with Gasteiger partial charge in [-0.1, -0.05) is 23.7 Å². The number of aliphatic hydroxyl groups is 1. The average molecular weight is 429 g/mol. The lowest BCUT2D eigenvalue weighted by atomic mass is 10.1. The number of rotatable bonds is 3. The predicted molar refractivity (Wildman–Crippen MR) is 112 cm³/mol. The van der Waals surface area contributed by atoms with E-state index in [1.807, 2.05) is 24.3 Å². The molecule has 2 aromatic rings. The molecule has 5 rings (SSSR count). The van der Waals surface area contributed by atoms with Crippen LogP contribution in [0, 0.1) is 0 Å². The quantitative estimate of drug-likeness (QED) is 0.813. The van der Waals surface area contributed by atoms with Crippen molar-refractivity contribution in [3.05, 3.63) is 40.8 Å². The zero-order valence-corrected chi connectivity index (χ0v) is 17.6. The largest absolute Gasteiger partial charge is 0.380 e. The number of carbonyl (C=O) groups is 2. The molecule has 0 unspecified atom stereocenters. The second-order valence-electron chi connectivity index (χ2n) is 8.47. The number of hydrogen-bond donors (Lipinski definition) is 1. The summed E-state index contributed by atoms with van der Waals surface area (Å²) in [6.07, 6.45) is 4.29. The van der Waals surface area contributed by atoms with E-state index in [9.17, 15) is 14.7 Å². The highest BCUT2D eigenvalue weighted by Gasteiger charge is 2.50. The molecule has 1 aliphatic carbocycles. The molecule has 3 aliphatic rings. The van der Waals surface area contributed by atoms with Crippen molar-refractivity contribution in [2.75, 3.05) is 26.2 Å². The summed E-state index contributed by atoms with van der Waals surface area (Å²) >= 11 is 6.55. The van der Waals surface area contributed by atoms with Crippen molar-refractivity contribution in [3.8, 4) is 11.3 Å². The van der Waals surface area contributed by atoms with E-state index >= 15 is 0 Å². The van der Waals surface area contributed by atoms with E-state index in [2.05, 4.69) is 4.57 Å². The summed E-state index contributed by atoms with van der Waals surface area (Å²) in [5, 5.41) is 10.7. The van der Waals surface area contributed by atoms with Crippen LogP contribution in [0.2, 0.25) is 5.15 Å². The summed E-state index contributed by atoms with van der Waals surface area (Å²) in [5.74, 6) is 0.789. The Bertz CT molecular complexity index is 989. The van der Waals surface area contributed by atoms with Gasteiger partial charge >= 0.3 is 0 Å². The standard InChI is InChI=1S/C22H25ClN4O3/c23-19-18(24-17-3-1-2-10-27(17)19)15-4-6-16(7-5-15)20(28)25-11-13-26(14-12-25)21(29)22(30)8-9-22/h4-7,30H,1-3,8-14H2. The Morgan fingerprint density at radius 3 is 2.27 bits per heavy atom. The van der Waals surface area contributed by atoms with Gasteiger partial charge in [0.1, 0.15) is 22.3 Å². The maximum Gasteiger partial charge on any atom is 0.254 e. The summed E-state index contributed by atoms with van der Waals surface area (Å²) in [6.45, 7) is 2.77. The first-order chi connectivity index (χ1) is 14.5. The fourth-order valence-electron chi connectivity index (χ4n) is 4.32. The molecule has 1 N–H and O–H groups in total. The van der Waals surface area contributed by atoms with E-state index in [1.165, 1.54) is 0 Å². The molecule has 0 atom stereocenters. The van der Waals surface area contributed by atoms with Gasteiger partial charge in [-0.2, -0.15) is 0 Å². The van der Waals surface area contributed by atoms with Crippen LogP contribution in [0.3, 0.4) is 0 Å². The Labute approximate surface area is 180 Å². The van der Waals surface area contributed by atoms with Crippen molar-refractivity contribution in [2.24, 2.45) is 0 Å². The van der Waals surface area contributed by atoms with E-state index in [4.69, 9.17) is 16.6 Å². The van der Waals surface area contributed by atoms with Gasteiger partial charge < -0.3 is 19.5 Å². The molecular weight excluding hydrogens is 404 g/mol. The zero-order chi connectivity index (χ0) is 20.9. The van der Waals surface area contributed by atoms with Crippen LogP contribution in [0.5, 0.6) is 0 Å². The third-order valence-electron chi connectivity index (χ3n) is 6.40. The topological polar surface area (TPSA) is 78.7 Å². The van der Waals surface area contributed by atoms with E-state index in [-0.39, 0.29) is 11.8 Å². The summed E-state index contributed by atoms with van der Waals surface area (Å²) in [5.41, 5.74) is 1.15. The fraction of sp³-hybridized carbons (Fsp3) is 0.500. The summed E-state index contributed by atoms with van der Waals surface area (Å²) in [7, 11) is 0. The molecule has 1 aromatic heterocycles. The van der Waals surface area contributed by atoms with Crippen molar-refractivity contribution in [2.45, 2.75) is 44.2 Å². The molecule has 0 spiro atoms. The van der Waals surface area contributed by atoms with Crippen LogP contribution in [-0.4, -0.2) is 68.1 Å². The minimum absolute atomic E-state index is 0.0472. The van der Waals surface area contributed by atoms with Gasteiger partial charge in [0, 0.05) is 50.3 Å². The molecule has 7 nitrogen and oxygen atoms in total. The van der Waals surface area contributed by atoms with Gasteiger partial charge in [-0.05, 0) is 37.8 Å². The first-order valence-electron chi connectivity index (χ1n) is 10.6. The average Bonchev–Trinajstić information content (AvgIpc) is 3.46. The molecule has 8 heteroatoms. The van der Waals surface area contributed by atoms with Crippen molar-refractivity contribution >= 4 is 23.4 Å². The van der Waals surface area contributed by atoms with Crippen molar-refractivity contribution in [1.29, 1.82) is 0 Å². The number of aromatic nitrogens is 2. The van der Waals surface area contributed by atoms with Gasteiger partial charge in [-0.25, -0.2) is 4.98 Å². The Kier molecular flexibility index (Phi) is 4.82. The highest BCUT2D eigenvalue weighted by molar-refractivity contribution is 6.32. The summed E-state index contributed by atoms with van der Waals surface area (Å²) in [6, 6.07) is 7.43. The molecule has 3 heterocycles. The third kappa shape index (κ3) is 3.40. The van der Waals surface area contributed by atoms with E-state index in [0.717, 1.165) is 42.9 Å². The van der Waals surface area contributed by atoms with Crippen molar-refractivity contribution < 1.29 is 14.7 Å². The SMILES string of the molecule is O=C(c1ccc(-c2nc3n(c2Cl)CCCC3)cc1)N1CCN(C(=O)C2(O)CC2)CC1. The van der Waals surface area contributed by atoms with Crippen molar-refractivity contribution in [3.63, 3.8) is 0 Å². The number of carbonyl (C=O) groups excluding carboxylic acids is 2. The highest BCUT2D eigenvalue weighted by atomic mass is 35.5. The second-order valence-corrected chi connectivity index (χ2v) is 8.83. The highest BCUT2D eigenvalue weighted by Crippen LogP contribution is 2.37. The van der Waals surface area contributed by atoms with E-state index in [0.29, 0.717) is 49.7 Å². The number of amides is 2. The molecule has 0 radical (unpaired) electrons. The molecule has 0 bridgehead atoms. The minimum Gasteiger partial charge on any atom is -0.380 e. The Balaban J connectivity index is 1.25. The molecule has 1 saturated carbocycles. The van der Waals surface area contributed by atoms with Crippen LogP contribution in [0.1, 0.15) is 41.9 Å². The molecule has 158 valence electrons. The number of fused-ring (bicyclic) bond motifs is 1. The molecule has 2 fully saturated rings. The normalized spacial score (nSPS) is 20.1. The molecule has 2 amide bonds. The summed E-state index contributed by atoms with van der Waals surface area (Å²) in [4.78, 5) is 33.3. The Morgan fingerprint density at radius 2 is 1.63 bits per heavy atom. The zero-order valence-electron chi connectivity index (χ0n) is 16.8. The van der Waals surface area contributed by atoms with Gasteiger partial charge in [0.25, 0.3) is 11.8 Å². The van der Waals surface area contributed by atoms with Crippen molar-refractivity contribution in [1.82, 2.24) is 19.4 Å². The van der Waals surface area contributed by atoms with E-state index < -0.39 is 5.60 Å². The van der Waals surface area contributed by atoms with Crippen LogP contribution in [0.15, 0.2) is 24.3 Å². The van der Waals surface area contributed by atoms with Gasteiger partial charge in [0.15, 0.2) is 0 Å². The maximum absolute atomic E-state index is 12.9. The Hall–Kier alpha value is -2.38. The molecule has 2 aliphatic heterocycles. The second kappa shape index (κ2) is 7.39. The maximum atomic E-state index is 12.9. The third-order valence-corrected chi connectivity index (χ3v) is 6.78. The number of aryl methyl sites for hydroxylation is 1. The number of piperazine rings is 1. The van der Waals surface area contributed by atoms with Crippen LogP contribution in [-0.2, 0) is 17.8 Å². The lowest BCUT2D eigenvalue weighted by Gasteiger charge is -2.35. The first-order valence-corrected chi connectivity index (χ1v) is 11.0. The van der Waals surface area contributed by atoms with E-state index in [1.54, 1.807) is 9.80 Å². The van der Waals surface area contributed by atoms with Gasteiger partial charge in [-0.3, -0.25) is 9.59 Å². The Morgan fingerprint density at radius 1 is 0.967 bits per heavy atom.